The summed E-state index contributed by atoms with van der Waals surface area (Å²) < 4.78 is 0. The molecule has 0 aromatic carbocycles. The summed E-state index contributed by atoms with van der Waals surface area (Å²) in [6.07, 6.45) is 10.3. The van der Waals surface area contributed by atoms with E-state index in [-0.39, 0.29) is 15.9 Å². The first-order chi connectivity index (χ1) is 10.3. The molecule has 0 bridgehead atoms. The van der Waals surface area contributed by atoms with Gasteiger partial charge in [0, 0.05) is 0 Å². The Morgan fingerprint density at radius 2 is 1.30 bits per heavy atom. The third-order valence-electron chi connectivity index (χ3n) is 6.71. The standard InChI is InChI=1S/C21H41B2/c1-17(2)20(8)13-10-9-11-15-21(22,16-12-14-20)19(6,7)23-18(3,4)5/h17H,9-16H2,1-8H3. The Balaban J connectivity index is 2.90. The minimum absolute atomic E-state index is 0.0600. The minimum atomic E-state index is -0.0600. The van der Waals surface area contributed by atoms with Crippen LogP contribution >= 0.6 is 0 Å². The average Bonchev–Trinajstić information content (AvgIpc) is 2.35. The Morgan fingerprint density at radius 3 is 1.83 bits per heavy atom. The molecular formula is C21H41B2. The van der Waals surface area contributed by atoms with E-state index in [2.05, 4.69) is 62.7 Å². The van der Waals surface area contributed by atoms with Crippen LogP contribution in [-0.2, 0) is 0 Å². The Kier molecular flexibility index (Phi) is 6.97. The smallest absolute Gasteiger partial charge is 0.0680 e. The van der Waals surface area contributed by atoms with Gasteiger partial charge in [-0.1, -0.05) is 110 Å². The van der Waals surface area contributed by atoms with Crippen LogP contribution in [-0.4, -0.2) is 15.1 Å². The summed E-state index contributed by atoms with van der Waals surface area (Å²) in [4.78, 5) is 0. The van der Waals surface area contributed by atoms with Gasteiger partial charge in [0.05, 0.1) is 7.85 Å². The van der Waals surface area contributed by atoms with Gasteiger partial charge in [0.15, 0.2) is 0 Å². The quantitative estimate of drug-likeness (QED) is 0.482. The van der Waals surface area contributed by atoms with E-state index < -0.39 is 0 Å². The normalized spacial score (nSPS) is 31.9. The fourth-order valence-electron chi connectivity index (χ4n) is 4.65. The zero-order valence-corrected chi connectivity index (χ0v) is 17.4. The highest BCUT2D eigenvalue weighted by Gasteiger charge is 2.42. The van der Waals surface area contributed by atoms with Crippen molar-refractivity contribution in [2.75, 3.05) is 0 Å². The predicted octanol–water partition coefficient (Wildman–Crippen LogP) is 7.23. The zero-order chi connectivity index (χ0) is 17.9. The molecule has 0 saturated heterocycles. The van der Waals surface area contributed by atoms with Crippen molar-refractivity contribution in [3.63, 3.8) is 0 Å². The van der Waals surface area contributed by atoms with Crippen molar-refractivity contribution < 1.29 is 0 Å². The maximum Gasteiger partial charge on any atom is 0.124 e. The highest BCUT2D eigenvalue weighted by atomic mass is 14.4. The molecule has 23 heavy (non-hydrogen) atoms. The molecule has 1 fully saturated rings. The second kappa shape index (κ2) is 7.57. The molecule has 131 valence electrons. The Morgan fingerprint density at radius 1 is 0.826 bits per heavy atom. The molecule has 2 unspecified atom stereocenters. The average molecular weight is 315 g/mol. The lowest BCUT2D eigenvalue weighted by Gasteiger charge is -2.49. The van der Waals surface area contributed by atoms with Crippen LogP contribution in [0.4, 0.5) is 0 Å². The summed E-state index contributed by atoms with van der Waals surface area (Å²) in [6, 6.07) is 0. The second-order valence-corrected chi connectivity index (χ2v) is 10.6. The van der Waals surface area contributed by atoms with Crippen molar-refractivity contribution in [3.05, 3.63) is 0 Å². The highest BCUT2D eigenvalue weighted by molar-refractivity contribution is 6.46. The first-order valence-corrected chi connectivity index (χ1v) is 9.97. The van der Waals surface area contributed by atoms with Crippen LogP contribution in [0.1, 0.15) is 107 Å². The maximum absolute atomic E-state index is 7.07. The van der Waals surface area contributed by atoms with E-state index >= 15 is 0 Å². The van der Waals surface area contributed by atoms with E-state index in [0.717, 1.165) is 12.3 Å². The van der Waals surface area contributed by atoms with Gasteiger partial charge in [-0.25, -0.2) is 0 Å². The zero-order valence-electron chi connectivity index (χ0n) is 17.4. The van der Waals surface area contributed by atoms with Gasteiger partial charge in [0.1, 0.15) is 7.28 Å². The van der Waals surface area contributed by atoms with E-state index in [1.54, 1.807) is 0 Å². The maximum atomic E-state index is 7.07. The largest absolute Gasteiger partial charge is 0.124 e. The summed E-state index contributed by atoms with van der Waals surface area (Å²) in [5, 5.41) is 0.242. The van der Waals surface area contributed by atoms with Crippen LogP contribution in [0.2, 0.25) is 15.9 Å². The SMILES string of the molecule is [B]C1(C(C)(C)[B]C(C)(C)C)CCCCCC(C)(C(C)C)CCC1. The Bertz CT molecular complexity index is 367. The second-order valence-electron chi connectivity index (χ2n) is 10.6. The fourth-order valence-corrected chi connectivity index (χ4v) is 4.65. The lowest BCUT2D eigenvalue weighted by molar-refractivity contribution is 0.157. The fraction of sp³-hybridized carbons (Fsp3) is 1.00. The van der Waals surface area contributed by atoms with Gasteiger partial charge < -0.3 is 0 Å². The summed E-state index contributed by atoms with van der Waals surface area (Å²) >= 11 is 0. The molecule has 1 saturated carbocycles. The van der Waals surface area contributed by atoms with Crippen LogP contribution in [0.15, 0.2) is 0 Å². The van der Waals surface area contributed by atoms with E-state index in [1.807, 2.05) is 0 Å². The summed E-state index contributed by atoms with van der Waals surface area (Å²) in [6.45, 7) is 18.9. The molecule has 1 aliphatic rings. The predicted molar refractivity (Wildman–Crippen MR) is 108 cm³/mol. The molecule has 0 aromatic rings. The molecule has 0 spiro atoms. The molecule has 0 heterocycles. The van der Waals surface area contributed by atoms with E-state index in [1.165, 1.54) is 44.9 Å². The molecule has 3 radical (unpaired) electrons. The minimum Gasteiger partial charge on any atom is -0.0680 e. The topological polar surface area (TPSA) is 0 Å². The van der Waals surface area contributed by atoms with Crippen molar-refractivity contribution in [1.29, 1.82) is 0 Å². The lowest BCUT2D eigenvalue weighted by Crippen LogP contribution is -2.36. The molecule has 0 amide bonds. The van der Waals surface area contributed by atoms with E-state index in [4.69, 9.17) is 7.85 Å². The molecule has 2 atom stereocenters. The van der Waals surface area contributed by atoms with Crippen LogP contribution < -0.4 is 0 Å². The number of rotatable bonds is 3. The molecule has 1 rings (SSSR count). The van der Waals surface area contributed by atoms with Gasteiger partial charge in [0.2, 0.25) is 0 Å². The summed E-state index contributed by atoms with van der Waals surface area (Å²) in [7, 11) is 9.57. The van der Waals surface area contributed by atoms with Crippen LogP contribution in [0, 0.1) is 11.3 Å². The molecule has 0 aromatic heterocycles. The number of hydrogen-bond acceptors (Lipinski definition) is 0. The monoisotopic (exact) mass is 315 g/mol. The molecule has 0 N–H and O–H groups in total. The molecular weight excluding hydrogens is 274 g/mol. The number of hydrogen-bond donors (Lipinski definition) is 0. The van der Waals surface area contributed by atoms with Crippen molar-refractivity contribution >= 4 is 15.1 Å². The Labute approximate surface area is 149 Å². The van der Waals surface area contributed by atoms with Gasteiger partial charge in [0.25, 0.3) is 0 Å². The van der Waals surface area contributed by atoms with Gasteiger partial charge in [-0.15, -0.1) is 0 Å². The van der Waals surface area contributed by atoms with Crippen molar-refractivity contribution in [3.8, 4) is 0 Å². The molecule has 1 aliphatic carbocycles. The van der Waals surface area contributed by atoms with Gasteiger partial charge in [-0.05, 0) is 24.2 Å². The van der Waals surface area contributed by atoms with Crippen molar-refractivity contribution in [1.82, 2.24) is 0 Å². The van der Waals surface area contributed by atoms with E-state index in [9.17, 15) is 0 Å². The molecule has 2 heteroatoms. The first-order valence-electron chi connectivity index (χ1n) is 9.97. The van der Waals surface area contributed by atoms with E-state index in [0.29, 0.717) is 5.41 Å². The molecule has 0 nitrogen and oxygen atoms in total. The van der Waals surface area contributed by atoms with Crippen molar-refractivity contribution in [2.45, 2.75) is 123 Å². The van der Waals surface area contributed by atoms with Gasteiger partial charge in [-0.2, -0.15) is 0 Å². The van der Waals surface area contributed by atoms with Crippen LogP contribution in [0.25, 0.3) is 0 Å². The summed E-state index contributed by atoms with van der Waals surface area (Å²) in [5.41, 5.74) is 0.496. The molecule has 0 aliphatic heterocycles. The Hall–Kier alpha value is 0.130. The van der Waals surface area contributed by atoms with Gasteiger partial charge >= 0.3 is 0 Å². The first kappa shape index (κ1) is 21.2. The van der Waals surface area contributed by atoms with Crippen LogP contribution in [0.5, 0.6) is 0 Å². The van der Waals surface area contributed by atoms with Gasteiger partial charge in [-0.3, -0.25) is 0 Å². The third kappa shape index (κ3) is 5.86. The third-order valence-corrected chi connectivity index (χ3v) is 6.71. The lowest BCUT2D eigenvalue weighted by atomic mass is 9.30. The summed E-state index contributed by atoms with van der Waals surface area (Å²) in [5.74, 6) is 0.767. The van der Waals surface area contributed by atoms with Crippen molar-refractivity contribution in [2.24, 2.45) is 11.3 Å². The van der Waals surface area contributed by atoms with Crippen LogP contribution in [0.3, 0.4) is 0 Å². The highest BCUT2D eigenvalue weighted by Crippen LogP contribution is 2.59.